The number of carbonyl (C=O) groups excluding carboxylic acids is 8. The van der Waals surface area contributed by atoms with Crippen molar-refractivity contribution >= 4 is 124 Å². The van der Waals surface area contributed by atoms with Crippen LogP contribution in [0.5, 0.6) is 17.2 Å². The largest absolute Gasteiger partial charge is 0.494 e. The Morgan fingerprint density at radius 2 is 0.839 bits per heavy atom. The molecule has 38 heteroatoms. The number of primary amides is 4. The number of methoxy groups -OCH3 is 1. The average Bonchev–Trinajstić information content (AvgIpc) is 1.66. The number of nitrogens with zero attached hydrogens (tertiary/aromatic N) is 13. The maximum absolute atomic E-state index is 13.6. The van der Waals surface area contributed by atoms with Crippen molar-refractivity contribution in [3.8, 4) is 17.2 Å². The van der Waals surface area contributed by atoms with Crippen LogP contribution in [-0.2, 0) is 51.9 Å². The van der Waals surface area contributed by atoms with Crippen LogP contribution in [0.25, 0.3) is 42.6 Å². The van der Waals surface area contributed by atoms with Crippen LogP contribution in [0, 0.1) is 27.7 Å². The third-order valence-electron chi connectivity index (χ3n) is 17.0. The van der Waals surface area contributed by atoms with Gasteiger partial charge in [-0.05, 0) is 68.1 Å². The van der Waals surface area contributed by atoms with Crippen molar-refractivity contribution in [2.75, 3.05) is 44.2 Å². The van der Waals surface area contributed by atoms with Crippen molar-refractivity contribution in [2.24, 2.45) is 32.9 Å². The molecule has 12 N–H and O–H groups in total. The van der Waals surface area contributed by atoms with E-state index in [0.717, 1.165) is 22.7 Å². The second kappa shape index (κ2) is 35.1. The molecule has 9 heterocycles. The van der Waals surface area contributed by atoms with Crippen LogP contribution >= 0.6 is 22.7 Å². The first-order valence-corrected chi connectivity index (χ1v) is 36.8. The molecule has 0 saturated heterocycles. The highest BCUT2D eigenvalue weighted by atomic mass is 32.1. The van der Waals surface area contributed by atoms with Crippen LogP contribution in [0.3, 0.4) is 0 Å². The van der Waals surface area contributed by atoms with E-state index in [1.807, 2.05) is 33.8 Å². The molecule has 112 heavy (non-hydrogen) atoms. The number of ether oxygens (including phenoxy) is 3. The van der Waals surface area contributed by atoms with Crippen molar-refractivity contribution in [3.05, 3.63) is 174 Å². The van der Waals surface area contributed by atoms with E-state index in [4.69, 9.17) is 54.8 Å². The van der Waals surface area contributed by atoms with E-state index in [2.05, 4.69) is 55.5 Å². The first kappa shape index (κ1) is 80.0. The van der Waals surface area contributed by atoms with Gasteiger partial charge in [0.1, 0.15) is 33.8 Å². The van der Waals surface area contributed by atoms with Crippen molar-refractivity contribution in [1.29, 1.82) is 0 Å². The minimum Gasteiger partial charge on any atom is -0.494 e. The summed E-state index contributed by atoms with van der Waals surface area (Å²) in [5.74, 6) is -2.62. The van der Waals surface area contributed by atoms with Gasteiger partial charge in [-0.2, -0.15) is 9.98 Å². The van der Waals surface area contributed by atoms with Crippen molar-refractivity contribution in [3.63, 3.8) is 0 Å². The van der Waals surface area contributed by atoms with Gasteiger partial charge < -0.3 is 78.7 Å². The number of imidazole rings is 2. The van der Waals surface area contributed by atoms with Gasteiger partial charge in [-0.3, -0.25) is 53.6 Å². The number of aliphatic hydroxyl groups excluding tert-OH is 2. The minimum atomic E-state index is -0.712. The summed E-state index contributed by atoms with van der Waals surface area (Å²) in [6.45, 7) is 14.5. The number of thiazole rings is 2. The molecule has 36 nitrogen and oxygen atoms in total. The van der Waals surface area contributed by atoms with E-state index in [0.29, 0.717) is 133 Å². The van der Waals surface area contributed by atoms with E-state index in [-0.39, 0.29) is 131 Å². The molecule has 0 saturated carbocycles. The molecular formula is C74H79N19O17S2. The molecule has 0 atom stereocenters. The molecule has 8 amide bonds. The number of nitrogens with one attached hydrogen (secondary N) is 2. The lowest BCUT2D eigenvalue weighted by Gasteiger charge is -2.12. The summed E-state index contributed by atoms with van der Waals surface area (Å²) >= 11 is 2.30. The van der Waals surface area contributed by atoms with Gasteiger partial charge in [-0.1, -0.05) is 74.7 Å². The Morgan fingerprint density at radius 3 is 1.25 bits per heavy atom. The van der Waals surface area contributed by atoms with Crippen molar-refractivity contribution in [2.45, 2.75) is 120 Å². The highest BCUT2D eigenvalue weighted by Gasteiger charge is 2.28. The number of aliphatic hydroxyl groups is 2. The van der Waals surface area contributed by atoms with Crippen molar-refractivity contribution < 1.29 is 80.4 Å². The number of oxazole rings is 4. The number of fused-ring (bicyclic) bond motifs is 4. The summed E-state index contributed by atoms with van der Waals surface area (Å²) < 4.78 is 48.1. The number of anilines is 2. The van der Waals surface area contributed by atoms with Crippen LogP contribution in [0.1, 0.15) is 171 Å². The SMILES string of the molecule is CCc1nc(C)oc1C(=O)N=c1sc2cc(C(N)=O)cc(OC)c2n1C/C=C/Cn1c(NC(=O)c2oc(C)nc2CC)nc2cc(C(N)=O)cc(OCCCO)c21.CCc1nc(C)oc1C(=O)N=c1sc2cc(C(N)=O)cnc2n1C/C=C/Cn1c(NC(=O)c2oc(C)nc2CC)nc2cc(C(N)=O)cc(OCCCO)c21. The number of aryl methyl sites for hydroxylation is 8. The van der Waals surface area contributed by atoms with Crippen LogP contribution in [0.2, 0.25) is 0 Å². The van der Waals surface area contributed by atoms with Gasteiger partial charge in [-0.25, -0.2) is 34.9 Å². The predicted molar refractivity (Wildman–Crippen MR) is 408 cm³/mol. The first-order chi connectivity index (χ1) is 53.8. The first-order valence-electron chi connectivity index (χ1n) is 35.2. The molecule has 12 rings (SSSR count). The third-order valence-corrected chi connectivity index (χ3v) is 19.1. The molecule has 0 fully saturated rings. The highest BCUT2D eigenvalue weighted by Crippen LogP contribution is 2.35. The molecule has 9 aromatic heterocycles. The molecule has 0 unspecified atom stereocenters. The maximum Gasteiger partial charge on any atom is 0.317 e. The zero-order chi connectivity index (χ0) is 80.4. The lowest BCUT2D eigenvalue weighted by molar-refractivity contribution is 0.0961. The van der Waals surface area contributed by atoms with Gasteiger partial charge in [-0.15, -0.1) is 0 Å². The Morgan fingerprint density at radius 1 is 0.473 bits per heavy atom. The molecule has 0 aliphatic rings. The lowest BCUT2D eigenvalue weighted by Crippen LogP contribution is -2.18. The Kier molecular flexibility index (Phi) is 25.1. The molecule has 584 valence electrons. The number of aromatic nitrogens is 11. The quantitative estimate of drug-likeness (QED) is 0.0155. The lowest BCUT2D eigenvalue weighted by atomic mass is 10.1. The monoisotopic (exact) mass is 1570 g/mol. The zero-order valence-electron chi connectivity index (χ0n) is 62.3. The van der Waals surface area contributed by atoms with Gasteiger partial charge in [0.05, 0.1) is 69.1 Å². The summed E-state index contributed by atoms with van der Waals surface area (Å²) in [5, 5.41) is 24.4. The number of benzene rings is 3. The number of allylic oxidation sites excluding steroid dienone is 4. The minimum absolute atomic E-state index is 0.0314. The number of carbonyl (C=O) groups is 8. The van der Waals surface area contributed by atoms with E-state index in [9.17, 15) is 48.6 Å². The number of pyridine rings is 1. The fraction of sp³-hybridized carbons (Fsp3) is 0.311. The van der Waals surface area contributed by atoms with Crippen molar-refractivity contribution in [1.82, 2.24) is 53.2 Å². The highest BCUT2D eigenvalue weighted by molar-refractivity contribution is 7.16. The van der Waals surface area contributed by atoms with E-state index < -0.39 is 47.3 Å². The third kappa shape index (κ3) is 17.5. The molecule has 0 bridgehead atoms. The summed E-state index contributed by atoms with van der Waals surface area (Å²) in [7, 11) is 1.46. The maximum atomic E-state index is 13.6. The predicted octanol–water partition coefficient (Wildman–Crippen LogP) is 7.36. The second-order valence-electron chi connectivity index (χ2n) is 24.8. The summed E-state index contributed by atoms with van der Waals surface area (Å²) in [6, 6.07) is 10.7. The van der Waals surface area contributed by atoms with Crippen LogP contribution < -0.4 is 57.4 Å². The number of amides is 8. The summed E-state index contributed by atoms with van der Waals surface area (Å²) in [5.41, 5.74) is 27.5. The normalized spacial score (nSPS) is 12.0. The van der Waals surface area contributed by atoms with E-state index in [1.54, 1.807) is 76.3 Å². The summed E-state index contributed by atoms with van der Waals surface area (Å²) in [6.07, 6.45) is 11.0. The van der Waals surface area contributed by atoms with Gasteiger partial charge in [0.25, 0.3) is 11.8 Å². The fourth-order valence-corrected chi connectivity index (χ4v) is 14.0. The summed E-state index contributed by atoms with van der Waals surface area (Å²) in [4.78, 5) is 143. The smallest absolute Gasteiger partial charge is 0.317 e. The average molecular weight is 1570 g/mol. The fourth-order valence-electron chi connectivity index (χ4n) is 11.9. The van der Waals surface area contributed by atoms with Gasteiger partial charge in [0.15, 0.2) is 38.8 Å². The Balaban J connectivity index is 0.000000222. The molecule has 12 aromatic rings. The van der Waals surface area contributed by atoms with E-state index >= 15 is 0 Å². The number of hydrogen-bond acceptors (Lipinski definition) is 26. The Labute approximate surface area is 643 Å². The number of rotatable bonds is 31. The molecule has 0 aliphatic heterocycles. The topological polar surface area (TPSA) is 520 Å². The van der Waals surface area contributed by atoms with Crippen LogP contribution in [-0.4, -0.2) is 144 Å². The number of hydrogen-bond donors (Lipinski definition) is 8. The Hall–Kier alpha value is -13.1. The number of nitrogens with two attached hydrogens (primary N) is 4. The van der Waals surface area contributed by atoms with Crippen LogP contribution in [0.4, 0.5) is 11.9 Å². The van der Waals surface area contributed by atoms with E-state index in [1.165, 1.54) is 43.6 Å². The standard InChI is InChI=1S/C38H41N9O9S.C36H38N10O8S/c1-6-23-31(55-19(3)41-23)35(51)44-37-43-25-15-21(33(39)49)17-27(54-14-10-13-48)29(25)46(37)11-8-9-12-47-30-26(53-5)16-22(34(40)50)18-28(30)57-38(47)45-36(52)32-24(7-2)42-20(4)56-32;1-5-22-28(53-18(3)40-22)33(50)43-35-42-24-14-20(30(37)48)15-25(52-13-9-12-47)27(24)45(35)10-7-8-11-46-32-26(16-21(17-39-32)31(38)49)55-36(46)44-34(51)29-23(6-2)41-19(4)54-29/h8-9,15-18,48H,6-7,10-14H2,1-5H3,(H2,39,49)(H2,40,50)(H,43,44,51);7-8,14-17,47H,5-6,9-13H2,1-4H3,(H2,37,48)(H2,38,49)(H,42,43,50)/b9-8+,45-38?;8-7+,44-36?. The van der Waals surface area contributed by atoms with Gasteiger partial charge >= 0.3 is 11.8 Å². The zero-order valence-corrected chi connectivity index (χ0v) is 63.9. The molecular weight excluding hydrogens is 1490 g/mol. The molecule has 0 spiro atoms. The van der Waals surface area contributed by atoms with Gasteiger partial charge in [0, 0.05) is 103 Å². The molecule has 0 radical (unpaired) electrons. The molecule has 3 aromatic carbocycles. The molecule has 0 aliphatic carbocycles. The second-order valence-corrected chi connectivity index (χ2v) is 26.8. The van der Waals surface area contributed by atoms with Crippen LogP contribution in [0.15, 0.2) is 101 Å². The van der Waals surface area contributed by atoms with Gasteiger partial charge in [0.2, 0.25) is 58.6 Å². The Bertz CT molecular complexity index is 5890.